The van der Waals surface area contributed by atoms with Crippen LogP contribution in [0.2, 0.25) is 5.02 Å². The molecule has 1 atom stereocenters. The van der Waals surface area contributed by atoms with E-state index in [1.54, 1.807) is 18.5 Å². The Labute approximate surface area is 313 Å². The number of pyridine rings is 1. The van der Waals surface area contributed by atoms with Gasteiger partial charge in [-0.1, -0.05) is 37.4 Å². The molecule has 2 aromatic carbocycles. The lowest BCUT2D eigenvalue weighted by atomic mass is 9.94. The highest BCUT2D eigenvalue weighted by Crippen LogP contribution is 2.30. The third kappa shape index (κ3) is 9.31. The summed E-state index contributed by atoms with van der Waals surface area (Å²) in [5.74, 6) is -0.569. The second-order valence-corrected chi connectivity index (χ2v) is 15.2. The first-order chi connectivity index (χ1) is 25.5. The quantitative estimate of drug-likeness (QED) is 0.109. The van der Waals surface area contributed by atoms with Gasteiger partial charge in [0.15, 0.2) is 11.5 Å². The highest BCUT2D eigenvalue weighted by Gasteiger charge is 2.26. The Morgan fingerprint density at radius 2 is 1.91 bits per heavy atom. The minimum Gasteiger partial charge on any atom is -0.378 e. The van der Waals surface area contributed by atoms with E-state index < -0.39 is 15.9 Å². The molecular formula is C38H43ClN8O5S. The van der Waals surface area contributed by atoms with E-state index in [0.29, 0.717) is 36.4 Å². The van der Waals surface area contributed by atoms with Crippen molar-refractivity contribution >= 4 is 67.0 Å². The van der Waals surface area contributed by atoms with E-state index in [-0.39, 0.29) is 46.0 Å². The summed E-state index contributed by atoms with van der Waals surface area (Å²) in [6.45, 7) is 7.07. The molecule has 0 saturated carbocycles. The molecule has 3 aromatic heterocycles. The molecule has 0 spiro atoms. The average Bonchev–Trinajstić information content (AvgIpc) is 3.62. The topological polar surface area (TPSA) is 164 Å². The van der Waals surface area contributed by atoms with Crippen LogP contribution in [0.25, 0.3) is 11.0 Å². The summed E-state index contributed by atoms with van der Waals surface area (Å²) in [7, 11) is -3.61. The van der Waals surface area contributed by atoms with Gasteiger partial charge >= 0.3 is 0 Å². The van der Waals surface area contributed by atoms with Crippen LogP contribution in [0, 0.1) is 6.92 Å². The number of fused-ring (bicyclic) bond motifs is 1. The number of hydrogen-bond donors (Lipinski definition) is 3. The number of amides is 1. The first-order valence-electron chi connectivity index (χ1n) is 17.6. The van der Waals surface area contributed by atoms with Crippen molar-refractivity contribution in [3.63, 3.8) is 0 Å². The molecule has 278 valence electrons. The summed E-state index contributed by atoms with van der Waals surface area (Å²) in [6.07, 6.45) is 7.87. The predicted molar refractivity (Wildman–Crippen MR) is 210 cm³/mol. The second kappa shape index (κ2) is 16.7. The van der Waals surface area contributed by atoms with Crippen molar-refractivity contribution in [1.29, 1.82) is 0 Å². The first-order valence-corrected chi connectivity index (χ1v) is 19.9. The maximum atomic E-state index is 14.5. The number of aromatic nitrogens is 4. The number of aliphatic imine (C=N–C) groups is 1. The number of ether oxygens (including phenoxy) is 1. The van der Waals surface area contributed by atoms with Crippen molar-refractivity contribution in [3.8, 4) is 0 Å². The zero-order valence-electron chi connectivity index (χ0n) is 29.9. The average molecular weight is 759 g/mol. The monoisotopic (exact) mass is 758 g/mol. The number of unbranched alkanes of at least 4 members (excludes halogenated alkanes) is 1. The van der Waals surface area contributed by atoms with Crippen LogP contribution in [-0.4, -0.2) is 72.1 Å². The van der Waals surface area contributed by atoms with Crippen LogP contribution in [0.3, 0.4) is 0 Å². The van der Waals surface area contributed by atoms with E-state index in [4.69, 9.17) is 26.3 Å². The van der Waals surface area contributed by atoms with Crippen molar-refractivity contribution < 1.29 is 17.9 Å². The number of morpholine rings is 1. The maximum Gasteiger partial charge on any atom is 0.278 e. The molecule has 1 unspecified atom stereocenters. The molecule has 1 amide bonds. The molecular weight excluding hydrogens is 716 g/mol. The number of benzene rings is 2. The highest BCUT2D eigenvalue weighted by molar-refractivity contribution is 7.92. The molecule has 5 aromatic rings. The molecule has 1 aliphatic heterocycles. The highest BCUT2D eigenvalue weighted by atomic mass is 35.5. The van der Waals surface area contributed by atoms with Crippen LogP contribution >= 0.6 is 11.6 Å². The number of carbonyl (C=O) groups excluding carboxylic acids is 1. The number of nitrogens with zero attached hydrogens (tertiary/aromatic N) is 5. The molecule has 1 aliphatic rings. The molecule has 0 radical (unpaired) electrons. The van der Waals surface area contributed by atoms with E-state index in [9.17, 15) is 18.0 Å². The first kappa shape index (κ1) is 37.7. The Balaban J connectivity index is 1.46. The van der Waals surface area contributed by atoms with Crippen molar-refractivity contribution in [2.45, 2.75) is 52.0 Å². The van der Waals surface area contributed by atoms with Crippen LogP contribution in [0.15, 0.2) is 82.8 Å². The number of nitrogens with one attached hydrogen (secondary N) is 3. The second-order valence-electron chi connectivity index (χ2n) is 13.1. The van der Waals surface area contributed by atoms with Crippen LogP contribution in [0.4, 0.5) is 22.7 Å². The summed E-state index contributed by atoms with van der Waals surface area (Å²) < 4.78 is 33.4. The van der Waals surface area contributed by atoms with Crippen LogP contribution in [0.5, 0.6) is 0 Å². The van der Waals surface area contributed by atoms with Gasteiger partial charge in [-0.2, -0.15) is 0 Å². The lowest BCUT2D eigenvalue weighted by Gasteiger charge is -2.29. The number of carbonyl (C=O) groups is 1. The third-order valence-electron chi connectivity index (χ3n) is 9.12. The zero-order valence-corrected chi connectivity index (χ0v) is 31.5. The van der Waals surface area contributed by atoms with E-state index in [0.717, 1.165) is 55.6 Å². The van der Waals surface area contributed by atoms with Gasteiger partial charge in [0.25, 0.3) is 11.5 Å². The van der Waals surface area contributed by atoms with Crippen LogP contribution in [-0.2, 0) is 26.1 Å². The fourth-order valence-corrected chi connectivity index (χ4v) is 7.12. The molecule has 6 rings (SSSR count). The number of sulfonamides is 1. The predicted octanol–water partition coefficient (Wildman–Crippen LogP) is 6.41. The lowest BCUT2D eigenvalue weighted by Crippen LogP contribution is -2.36. The number of hydrogen-bond acceptors (Lipinski definition) is 9. The van der Waals surface area contributed by atoms with E-state index >= 15 is 0 Å². The van der Waals surface area contributed by atoms with Gasteiger partial charge in [-0.05, 0) is 79.9 Å². The van der Waals surface area contributed by atoms with E-state index in [2.05, 4.69) is 31.8 Å². The number of rotatable bonds is 14. The Hall–Kier alpha value is -5.05. The fraction of sp³-hybridized carbons (Fsp3) is 0.342. The van der Waals surface area contributed by atoms with Crippen LogP contribution in [0.1, 0.15) is 55.6 Å². The Bertz CT molecular complexity index is 2290. The standard InChI is InChI=1S/C38H43ClN8O5S/c1-4-5-8-26(32-9-6-7-16-40-32)15-18-47-36(44-35-29(38(47)49)14-17-41-35)34(37(48)43-33-24-27(10-12-30(33)39)45-53(3,50)51)42-31-13-11-28(23-25(31)2)46-19-21-52-22-20-46/h6-7,9-14,16-17,23-24,26,41,45H,4-5,8,15,18-22H2,1-3H3,(H,43,48). The van der Waals surface area contributed by atoms with Gasteiger partial charge < -0.3 is 19.9 Å². The lowest BCUT2D eigenvalue weighted by molar-refractivity contribution is -0.110. The number of anilines is 3. The number of aromatic amines is 1. The summed E-state index contributed by atoms with van der Waals surface area (Å²) in [6, 6.07) is 17.7. The smallest absolute Gasteiger partial charge is 0.278 e. The SMILES string of the molecule is CCCCC(CCn1c(C(=Nc2ccc(N3CCOCC3)cc2C)C(=O)Nc2cc(NS(C)(=O)=O)ccc2Cl)nc2[nH]ccc2c1=O)c1ccccn1. The Morgan fingerprint density at radius 1 is 1.09 bits per heavy atom. The zero-order chi connectivity index (χ0) is 37.5. The van der Waals surface area contributed by atoms with Gasteiger partial charge in [0, 0.05) is 49.3 Å². The number of aryl methyl sites for hydroxylation is 1. The van der Waals surface area contributed by atoms with Crippen LogP contribution < -0.4 is 20.5 Å². The van der Waals surface area contributed by atoms with Gasteiger partial charge in [0.1, 0.15) is 5.65 Å². The summed E-state index contributed by atoms with van der Waals surface area (Å²) in [5, 5.41) is 3.36. The molecule has 3 N–H and O–H groups in total. The number of halogens is 1. The minimum absolute atomic E-state index is 0.0610. The molecule has 13 nitrogen and oxygen atoms in total. The molecule has 0 aliphatic carbocycles. The molecule has 53 heavy (non-hydrogen) atoms. The van der Waals surface area contributed by atoms with Crippen molar-refractivity contribution in [2.75, 3.05) is 47.5 Å². The van der Waals surface area contributed by atoms with Crippen molar-refractivity contribution in [3.05, 3.63) is 106 Å². The minimum atomic E-state index is -3.61. The number of H-pyrrole nitrogens is 1. The summed E-state index contributed by atoms with van der Waals surface area (Å²) >= 11 is 6.52. The molecule has 0 bridgehead atoms. The van der Waals surface area contributed by atoms with E-state index in [1.807, 2.05) is 43.3 Å². The maximum absolute atomic E-state index is 14.5. The van der Waals surface area contributed by atoms with Gasteiger partial charge in [0.05, 0.1) is 46.9 Å². The largest absolute Gasteiger partial charge is 0.378 e. The normalized spacial score (nSPS) is 14.3. The van der Waals surface area contributed by atoms with Crippen molar-refractivity contribution in [1.82, 2.24) is 19.5 Å². The van der Waals surface area contributed by atoms with Gasteiger partial charge in [0.2, 0.25) is 10.0 Å². The van der Waals surface area contributed by atoms with Gasteiger partial charge in [-0.15, -0.1) is 0 Å². The van der Waals surface area contributed by atoms with Gasteiger partial charge in [-0.25, -0.2) is 18.4 Å². The fourth-order valence-electron chi connectivity index (χ4n) is 6.40. The molecule has 1 saturated heterocycles. The molecule has 4 heterocycles. The molecule has 15 heteroatoms. The van der Waals surface area contributed by atoms with E-state index in [1.165, 1.54) is 22.8 Å². The molecule has 1 fully saturated rings. The van der Waals surface area contributed by atoms with Gasteiger partial charge in [-0.3, -0.25) is 23.9 Å². The Kier molecular flexibility index (Phi) is 11.9. The third-order valence-corrected chi connectivity index (χ3v) is 10.1. The Morgan fingerprint density at radius 3 is 2.62 bits per heavy atom. The van der Waals surface area contributed by atoms with Crippen molar-refractivity contribution in [2.24, 2.45) is 4.99 Å². The summed E-state index contributed by atoms with van der Waals surface area (Å²) in [5.41, 5.74) is 3.47. The summed E-state index contributed by atoms with van der Waals surface area (Å²) in [4.78, 5) is 48.3.